The average molecular weight is 385 g/mol. The summed E-state index contributed by atoms with van der Waals surface area (Å²) in [6.07, 6.45) is 2.10. The summed E-state index contributed by atoms with van der Waals surface area (Å²) in [4.78, 5) is 14.5. The smallest absolute Gasteiger partial charge is 0.319 e. The first kappa shape index (κ1) is 20.1. The number of nitrogens with zero attached hydrogens (tertiary/aromatic N) is 1. The van der Waals surface area contributed by atoms with Crippen LogP contribution in [0.4, 0.5) is 14.9 Å². The number of anilines is 1. The zero-order valence-electron chi connectivity index (χ0n) is 16.5. The summed E-state index contributed by atoms with van der Waals surface area (Å²) < 4.78 is 18.8. The van der Waals surface area contributed by atoms with Crippen LogP contribution in [0, 0.1) is 18.7 Å². The van der Waals surface area contributed by atoms with Crippen LogP contribution in [0.5, 0.6) is 5.75 Å². The zero-order valence-corrected chi connectivity index (χ0v) is 16.5. The van der Waals surface area contributed by atoms with E-state index in [-0.39, 0.29) is 11.8 Å². The predicted molar refractivity (Wildman–Crippen MR) is 109 cm³/mol. The molecule has 0 aromatic heterocycles. The number of carbonyl (C=O) groups is 1. The monoisotopic (exact) mass is 385 g/mol. The summed E-state index contributed by atoms with van der Waals surface area (Å²) in [7, 11) is 1.67. The lowest BCUT2D eigenvalue weighted by Gasteiger charge is -2.32. The van der Waals surface area contributed by atoms with Gasteiger partial charge in [0, 0.05) is 18.8 Å². The van der Waals surface area contributed by atoms with Crippen molar-refractivity contribution < 1.29 is 13.9 Å². The fourth-order valence-corrected chi connectivity index (χ4v) is 3.42. The van der Waals surface area contributed by atoms with Crippen molar-refractivity contribution >= 4 is 11.7 Å². The van der Waals surface area contributed by atoms with Gasteiger partial charge >= 0.3 is 6.03 Å². The Hall–Kier alpha value is -2.60. The van der Waals surface area contributed by atoms with Gasteiger partial charge in [0.05, 0.1) is 7.11 Å². The Bertz CT molecular complexity index is 787. The summed E-state index contributed by atoms with van der Waals surface area (Å²) in [5, 5.41) is 5.60. The van der Waals surface area contributed by atoms with Crippen molar-refractivity contribution in [2.45, 2.75) is 26.3 Å². The minimum atomic E-state index is -0.318. The first-order valence-corrected chi connectivity index (χ1v) is 9.70. The number of nitrogens with one attached hydrogen (secondary N) is 2. The number of carbonyl (C=O) groups excluding carboxylic acids is 1. The molecule has 1 fully saturated rings. The van der Waals surface area contributed by atoms with E-state index in [9.17, 15) is 9.18 Å². The van der Waals surface area contributed by atoms with E-state index in [1.165, 1.54) is 11.6 Å². The molecular formula is C22H28FN3O2. The second-order valence-electron chi connectivity index (χ2n) is 7.37. The van der Waals surface area contributed by atoms with E-state index in [1.807, 2.05) is 12.1 Å². The number of likely N-dealkylation sites (tertiary alicyclic amines) is 1. The normalized spacial score (nSPS) is 15.2. The van der Waals surface area contributed by atoms with Gasteiger partial charge in [0.2, 0.25) is 0 Å². The van der Waals surface area contributed by atoms with E-state index < -0.39 is 0 Å². The van der Waals surface area contributed by atoms with Crippen molar-refractivity contribution in [3.8, 4) is 5.75 Å². The third-order valence-corrected chi connectivity index (χ3v) is 5.25. The van der Waals surface area contributed by atoms with Gasteiger partial charge < -0.3 is 15.4 Å². The Balaban J connectivity index is 1.37. The number of rotatable bonds is 6. The van der Waals surface area contributed by atoms with Crippen LogP contribution in [0.15, 0.2) is 42.5 Å². The second-order valence-corrected chi connectivity index (χ2v) is 7.37. The molecule has 2 aromatic carbocycles. The lowest BCUT2D eigenvalue weighted by atomic mass is 9.96. The van der Waals surface area contributed by atoms with Crippen molar-refractivity contribution in [2.75, 3.05) is 32.1 Å². The number of ether oxygens (including phenoxy) is 1. The highest BCUT2D eigenvalue weighted by atomic mass is 19.1. The van der Waals surface area contributed by atoms with Crippen LogP contribution in [0.2, 0.25) is 0 Å². The van der Waals surface area contributed by atoms with Crippen molar-refractivity contribution in [2.24, 2.45) is 5.92 Å². The Kier molecular flexibility index (Phi) is 6.87. The molecule has 0 bridgehead atoms. The van der Waals surface area contributed by atoms with Crippen LogP contribution < -0.4 is 15.4 Å². The summed E-state index contributed by atoms with van der Waals surface area (Å²) in [6.45, 7) is 5.30. The molecular weight excluding hydrogens is 357 g/mol. The van der Waals surface area contributed by atoms with Crippen molar-refractivity contribution in [1.82, 2.24) is 10.2 Å². The van der Waals surface area contributed by atoms with Crippen molar-refractivity contribution in [1.29, 1.82) is 0 Å². The molecule has 6 heteroatoms. The molecule has 2 amide bonds. The molecule has 0 aliphatic carbocycles. The quantitative estimate of drug-likeness (QED) is 0.784. The highest BCUT2D eigenvalue weighted by Gasteiger charge is 2.20. The molecule has 2 N–H and O–H groups in total. The third kappa shape index (κ3) is 5.70. The predicted octanol–water partition coefficient (Wildman–Crippen LogP) is 4.18. The van der Waals surface area contributed by atoms with Gasteiger partial charge in [-0.1, -0.05) is 18.2 Å². The Morgan fingerprint density at radius 2 is 1.89 bits per heavy atom. The molecule has 150 valence electrons. The molecule has 0 atom stereocenters. The average Bonchev–Trinajstić information content (AvgIpc) is 2.71. The van der Waals surface area contributed by atoms with Gasteiger partial charge in [-0.05, 0) is 74.2 Å². The number of hydrogen-bond donors (Lipinski definition) is 2. The Morgan fingerprint density at radius 1 is 1.18 bits per heavy atom. The van der Waals surface area contributed by atoms with E-state index in [4.69, 9.17) is 4.74 Å². The largest absolute Gasteiger partial charge is 0.497 e. The second kappa shape index (κ2) is 9.55. The molecule has 0 saturated carbocycles. The molecule has 0 spiro atoms. The van der Waals surface area contributed by atoms with Gasteiger partial charge in [-0.3, -0.25) is 4.90 Å². The SMILES string of the molecule is COc1ccc(CN2CCC(CNC(=O)Nc3ccc(C)c(F)c3)CC2)cc1. The fourth-order valence-electron chi connectivity index (χ4n) is 3.42. The Labute approximate surface area is 165 Å². The summed E-state index contributed by atoms with van der Waals surface area (Å²) in [6, 6.07) is 12.6. The number of halogens is 1. The number of amides is 2. The standard InChI is InChI=1S/C22H28FN3O2/c1-16-3-6-19(13-21(16)23)25-22(27)24-14-17-9-11-26(12-10-17)15-18-4-7-20(28-2)8-5-18/h3-8,13,17H,9-12,14-15H2,1-2H3,(H2,24,25,27). The van der Waals surface area contributed by atoms with Crippen molar-refractivity contribution in [3.63, 3.8) is 0 Å². The fraction of sp³-hybridized carbons (Fsp3) is 0.409. The summed E-state index contributed by atoms with van der Waals surface area (Å²) in [5.41, 5.74) is 2.31. The van der Waals surface area contributed by atoms with E-state index in [0.29, 0.717) is 23.7 Å². The molecule has 0 radical (unpaired) electrons. The summed E-state index contributed by atoms with van der Waals surface area (Å²) >= 11 is 0. The van der Waals surface area contributed by atoms with Gasteiger partial charge in [0.25, 0.3) is 0 Å². The molecule has 5 nitrogen and oxygen atoms in total. The van der Waals surface area contributed by atoms with Gasteiger partial charge in [0.15, 0.2) is 0 Å². The van der Waals surface area contributed by atoms with E-state index in [2.05, 4.69) is 27.7 Å². The first-order valence-electron chi connectivity index (χ1n) is 9.70. The third-order valence-electron chi connectivity index (χ3n) is 5.25. The molecule has 3 rings (SSSR count). The van der Waals surface area contributed by atoms with Crippen LogP contribution >= 0.6 is 0 Å². The molecule has 1 aliphatic heterocycles. The maximum atomic E-state index is 13.6. The summed E-state index contributed by atoms with van der Waals surface area (Å²) in [5.74, 6) is 1.02. The number of urea groups is 1. The number of piperidine rings is 1. The van der Waals surface area contributed by atoms with E-state index in [1.54, 1.807) is 26.2 Å². The minimum absolute atomic E-state index is 0.288. The number of hydrogen-bond acceptors (Lipinski definition) is 3. The van der Waals surface area contributed by atoms with Crippen LogP contribution in [0.25, 0.3) is 0 Å². The molecule has 0 unspecified atom stereocenters. The van der Waals surface area contributed by atoms with Crippen LogP contribution in [-0.4, -0.2) is 37.7 Å². The zero-order chi connectivity index (χ0) is 19.9. The maximum absolute atomic E-state index is 13.6. The van der Waals surface area contributed by atoms with Crippen LogP contribution in [0.3, 0.4) is 0 Å². The number of benzene rings is 2. The molecule has 28 heavy (non-hydrogen) atoms. The molecule has 1 heterocycles. The van der Waals surface area contributed by atoms with E-state index in [0.717, 1.165) is 38.2 Å². The van der Waals surface area contributed by atoms with Gasteiger partial charge in [-0.15, -0.1) is 0 Å². The molecule has 2 aromatic rings. The Morgan fingerprint density at radius 3 is 2.54 bits per heavy atom. The highest BCUT2D eigenvalue weighted by molar-refractivity contribution is 5.89. The van der Waals surface area contributed by atoms with Gasteiger partial charge in [-0.25, -0.2) is 9.18 Å². The minimum Gasteiger partial charge on any atom is -0.497 e. The molecule has 1 saturated heterocycles. The number of methoxy groups -OCH3 is 1. The number of aryl methyl sites for hydroxylation is 1. The topological polar surface area (TPSA) is 53.6 Å². The maximum Gasteiger partial charge on any atom is 0.319 e. The lowest BCUT2D eigenvalue weighted by Crippen LogP contribution is -2.39. The van der Waals surface area contributed by atoms with E-state index >= 15 is 0 Å². The highest BCUT2D eigenvalue weighted by Crippen LogP contribution is 2.20. The van der Waals surface area contributed by atoms with Crippen LogP contribution in [-0.2, 0) is 6.54 Å². The lowest BCUT2D eigenvalue weighted by molar-refractivity contribution is 0.175. The molecule has 1 aliphatic rings. The first-order chi connectivity index (χ1) is 13.5. The van der Waals surface area contributed by atoms with Gasteiger partial charge in [0.1, 0.15) is 11.6 Å². The van der Waals surface area contributed by atoms with Gasteiger partial charge in [-0.2, -0.15) is 0 Å². The van der Waals surface area contributed by atoms with Crippen LogP contribution in [0.1, 0.15) is 24.0 Å². The van der Waals surface area contributed by atoms with Crippen molar-refractivity contribution in [3.05, 3.63) is 59.4 Å².